The molecule has 160 valence electrons. The van der Waals surface area contributed by atoms with Crippen molar-refractivity contribution in [3.63, 3.8) is 0 Å². The Bertz CT molecular complexity index is 1490. The van der Waals surface area contributed by atoms with Crippen LogP contribution in [-0.4, -0.2) is 14.1 Å². The van der Waals surface area contributed by atoms with Crippen LogP contribution in [0.15, 0.2) is 83.9 Å². The number of halogens is 2. The Balaban J connectivity index is 1.67. The molecule has 6 heteroatoms. The summed E-state index contributed by atoms with van der Waals surface area (Å²) in [6.45, 7) is 3.02. The first kappa shape index (κ1) is 20.5. The SMILES string of the molecule is C[C@@H](Cn1cnc2c3cc(F)ccc3n(Cc3cccc(Cl)c3)c2c1=O)c1ccccc1. The molecule has 0 spiro atoms. The van der Waals surface area contributed by atoms with E-state index >= 15 is 0 Å². The summed E-state index contributed by atoms with van der Waals surface area (Å²) in [4.78, 5) is 18.2. The highest BCUT2D eigenvalue weighted by Gasteiger charge is 2.18. The first-order valence-electron chi connectivity index (χ1n) is 10.5. The van der Waals surface area contributed by atoms with Crippen LogP contribution >= 0.6 is 11.6 Å². The van der Waals surface area contributed by atoms with E-state index in [9.17, 15) is 9.18 Å². The topological polar surface area (TPSA) is 39.8 Å². The molecule has 0 saturated heterocycles. The standard InChI is InChI=1S/C26H21ClFN3O/c1-17(19-7-3-2-4-8-19)14-30-16-29-24-22-13-21(28)10-11-23(22)31(25(24)26(30)32)15-18-6-5-9-20(27)12-18/h2-13,16-17H,14-15H2,1H3/t17-/m0/s1. The molecule has 5 rings (SSSR count). The molecule has 3 aromatic carbocycles. The first-order chi connectivity index (χ1) is 15.5. The number of rotatable bonds is 5. The molecule has 0 unspecified atom stereocenters. The van der Waals surface area contributed by atoms with Crippen LogP contribution in [0.5, 0.6) is 0 Å². The number of fused-ring (bicyclic) bond motifs is 3. The average Bonchev–Trinajstić information content (AvgIpc) is 3.09. The van der Waals surface area contributed by atoms with Crippen molar-refractivity contribution in [1.29, 1.82) is 0 Å². The minimum absolute atomic E-state index is 0.136. The summed E-state index contributed by atoms with van der Waals surface area (Å²) in [6.07, 6.45) is 1.57. The van der Waals surface area contributed by atoms with Crippen molar-refractivity contribution in [1.82, 2.24) is 14.1 Å². The van der Waals surface area contributed by atoms with Crippen molar-refractivity contribution in [3.8, 4) is 0 Å². The van der Waals surface area contributed by atoms with Gasteiger partial charge in [0.05, 0.1) is 11.8 Å². The average molecular weight is 446 g/mol. The third-order valence-electron chi connectivity index (χ3n) is 5.86. The zero-order valence-corrected chi connectivity index (χ0v) is 18.3. The quantitative estimate of drug-likeness (QED) is 0.333. The van der Waals surface area contributed by atoms with Crippen LogP contribution in [0.2, 0.25) is 5.02 Å². The second kappa shape index (κ2) is 8.24. The molecule has 5 aromatic rings. The van der Waals surface area contributed by atoms with E-state index in [0.717, 1.165) is 16.6 Å². The second-order valence-corrected chi connectivity index (χ2v) is 8.53. The maximum absolute atomic E-state index is 14.1. The van der Waals surface area contributed by atoms with Crippen molar-refractivity contribution >= 4 is 33.5 Å². The number of aromatic nitrogens is 3. The van der Waals surface area contributed by atoms with Crippen molar-refractivity contribution in [2.24, 2.45) is 0 Å². The van der Waals surface area contributed by atoms with E-state index < -0.39 is 0 Å². The van der Waals surface area contributed by atoms with Gasteiger partial charge in [-0.2, -0.15) is 0 Å². The lowest BCUT2D eigenvalue weighted by Gasteiger charge is -2.14. The van der Waals surface area contributed by atoms with E-state index in [1.807, 2.05) is 47.0 Å². The van der Waals surface area contributed by atoms with Crippen LogP contribution in [0.4, 0.5) is 4.39 Å². The molecule has 0 aliphatic heterocycles. The molecule has 0 aliphatic carbocycles. The molecule has 0 saturated carbocycles. The monoisotopic (exact) mass is 445 g/mol. The van der Waals surface area contributed by atoms with Crippen molar-refractivity contribution in [2.75, 3.05) is 0 Å². The van der Waals surface area contributed by atoms with Crippen molar-refractivity contribution in [2.45, 2.75) is 25.9 Å². The van der Waals surface area contributed by atoms with Crippen molar-refractivity contribution < 1.29 is 4.39 Å². The van der Waals surface area contributed by atoms with E-state index in [1.54, 1.807) is 17.0 Å². The Hall–Kier alpha value is -3.44. The molecule has 0 radical (unpaired) electrons. The highest BCUT2D eigenvalue weighted by Crippen LogP contribution is 2.28. The Morgan fingerprint density at radius 3 is 2.62 bits per heavy atom. The Kier molecular flexibility index (Phi) is 5.27. The Morgan fingerprint density at radius 2 is 1.84 bits per heavy atom. The Morgan fingerprint density at radius 1 is 1.03 bits per heavy atom. The minimum atomic E-state index is -0.358. The van der Waals surface area contributed by atoms with Gasteiger partial charge in [0.2, 0.25) is 0 Å². The van der Waals surface area contributed by atoms with E-state index in [4.69, 9.17) is 11.6 Å². The van der Waals surface area contributed by atoms with Gasteiger partial charge in [-0.25, -0.2) is 9.37 Å². The number of benzene rings is 3. The molecule has 1 atom stereocenters. The van der Waals surface area contributed by atoms with Crippen LogP contribution in [-0.2, 0) is 13.1 Å². The first-order valence-corrected chi connectivity index (χ1v) is 10.9. The molecule has 0 N–H and O–H groups in total. The molecule has 2 heterocycles. The molecule has 0 aliphatic rings. The van der Waals surface area contributed by atoms with Gasteiger partial charge in [0, 0.05) is 23.5 Å². The third-order valence-corrected chi connectivity index (χ3v) is 6.09. The van der Waals surface area contributed by atoms with Crippen LogP contribution in [0, 0.1) is 5.82 Å². The normalized spacial score (nSPS) is 12.5. The smallest absolute Gasteiger partial charge is 0.277 e. The van der Waals surface area contributed by atoms with Gasteiger partial charge in [-0.3, -0.25) is 9.36 Å². The lowest BCUT2D eigenvalue weighted by Crippen LogP contribution is -2.24. The van der Waals surface area contributed by atoms with Gasteiger partial charge in [0.25, 0.3) is 5.56 Å². The Labute approximate surface area is 189 Å². The maximum atomic E-state index is 14.1. The summed E-state index contributed by atoms with van der Waals surface area (Å²) in [5, 5.41) is 1.25. The summed E-state index contributed by atoms with van der Waals surface area (Å²) in [5.41, 5.74) is 3.70. The predicted molar refractivity (Wildman–Crippen MR) is 127 cm³/mol. The molecule has 0 fully saturated rings. The summed E-state index contributed by atoms with van der Waals surface area (Å²) in [5.74, 6) is -0.223. The molecule has 4 nitrogen and oxygen atoms in total. The van der Waals surface area contributed by atoms with Gasteiger partial charge in [-0.1, -0.05) is 61.0 Å². The van der Waals surface area contributed by atoms with E-state index in [1.165, 1.54) is 12.1 Å². The predicted octanol–water partition coefficient (Wildman–Crippen LogP) is 6.00. The van der Waals surface area contributed by atoms with Gasteiger partial charge in [0.15, 0.2) is 0 Å². The number of nitrogens with zero attached hydrogens (tertiary/aromatic N) is 3. The second-order valence-electron chi connectivity index (χ2n) is 8.09. The highest BCUT2D eigenvalue weighted by atomic mass is 35.5. The van der Waals surface area contributed by atoms with Crippen LogP contribution in [0.25, 0.3) is 21.9 Å². The third kappa shape index (κ3) is 3.69. The lowest BCUT2D eigenvalue weighted by molar-refractivity contribution is 0.575. The fourth-order valence-corrected chi connectivity index (χ4v) is 4.48. The maximum Gasteiger partial charge on any atom is 0.277 e. The number of hydrogen-bond acceptors (Lipinski definition) is 2. The fraction of sp³-hybridized carbons (Fsp3) is 0.154. The molecule has 0 amide bonds. The zero-order valence-electron chi connectivity index (χ0n) is 17.5. The van der Waals surface area contributed by atoms with Gasteiger partial charge in [-0.05, 0) is 47.4 Å². The van der Waals surface area contributed by atoms with Gasteiger partial charge < -0.3 is 4.57 Å². The van der Waals surface area contributed by atoms with E-state index in [0.29, 0.717) is 34.5 Å². The zero-order chi connectivity index (χ0) is 22.2. The highest BCUT2D eigenvalue weighted by molar-refractivity contribution is 6.30. The summed E-state index contributed by atoms with van der Waals surface area (Å²) in [6, 6.07) is 22.1. The van der Waals surface area contributed by atoms with E-state index in [-0.39, 0.29) is 17.3 Å². The van der Waals surface area contributed by atoms with Gasteiger partial charge in [0.1, 0.15) is 16.9 Å². The van der Waals surface area contributed by atoms with Gasteiger partial charge >= 0.3 is 0 Å². The van der Waals surface area contributed by atoms with Crippen LogP contribution in [0.1, 0.15) is 24.0 Å². The summed E-state index contributed by atoms with van der Waals surface area (Å²) >= 11 is 6.18. The molecule has 2 aromatic heterocycles. The molecule has 0 bridgehead atoms. The largest absolute Gasteiger partial charge is 0.330 e. The van der Waals surface area contributed by atoms with Gasteiger partial charge in [-0.15, -0.1) is 0 Å². The van der Waals surface area contributed by atoms with Crippen LogP contribution < -0.4 is 5.56 Å². The fourth-order valence-electron chi connectivity index (χ4n) is 4.27. The van der Waals surface area contributed by atoms with Crippen LogP contribution in [0.3, 0.4) is 0 Å². The minimum Gasteiger partial charge on any atom is -0.330 e. The molecule has 32 heavy (non-hydrogen) atoms. The van der Waals surface area contributed by atoms with Crippen molar-refractivity contribution in [3.05, 3.63) is 111 Å². The number of hydrogen-bond donors (Lipinski definition) is 0. The lowest BCUT2D eigenvalue weighted by atomic mass is 10.0. The van der Waals surface area contributed by atoms with E-state index in [2.05, 4.69) is 24.0 Å². The summed E-state index contributed by atoms with van der Waals surface area (Å²) < 4.78 is 17.6. The molecular weight excluding hydrogens is 425 g/mol. The summed E-state index contributed by atoms with van der Waals surface area (Å²) in [7, 11) is 0. The molecular formula is C26H21ClFN3O.